The number of pyridine rings is 1. The van der Waals surface area contributed by atoms with Crippen LogP contribution in [0.15, 0.2) is 48.8 Å². The Balaban J connectivity index is 1.51. The van der Waals surface area contributed by atoms with Crippen LogP contribution in [-0.2, 0) is 7.05 Å². The Labute approximate surface area is 140 Å². The van der Waals surface area contributed by atoms with Crippen LogP contribution < -0.4 is 5.32 Å². The molecule has 6 heteroatoms. The minimum atomic E-state index is 0.00212. The van der Waals surface area contributed by atoms with Crippen LogP contribution in [0.5, 0.6) is 0 Å². The molecule has 3 heterocycles. The number of aryl methyl sites for hydroxylation is 1. The number of carbonyl (C=O) groups excluding carboxylic acids is 1. The second kappa shape index (κ2) is 5.96. The summed E-state index contributed by atoms with van der Waals surface area (Å²) >= 11 is 0. The maximum Gasteiger partial charge on any atom is 0.275 e. The normalized spacial score (nSPS) is 17.4. The quantitative estimate of drug-likeness (QED) is 0.804. The van der Waals surface area contributed by atoms with Gasteiger partial charge in [-0.1, -0.05) is 18.2 Å². The molecule has 1 fully saturated rings. The second-order valence-corrected chi connectivity index (χ2v) is 6.11. The summed E-state index contributed by atoms with van der Waals surface area (Å²) in [7, 11) is 1.87. The van der Waals surface area contributed by atoms with Crippen molar-refractivity contribution in [1.82, 2.24) is 19.7 Å². The number of likely N-dealkylation sites (tertiary alicyclic amines) is 1. The number of rotatable bonds is 3. The minimum Gasteiger partial charge on any atom is -0.379 e. The average molecular weight is 321 g/mol. The van der Waals surface area contributed by atoms with Crippen molar-refractivity contribution >= 4 is 22.5 Å². The molecule has 1 atom stereocenters. The number of amides is 1. The third-order valence-corrected chi connectivity index (χ3v) is 4.47. The molecule has 1 amide bonds. The molecule has 1 aliphatic heterocycles. The third kappa shape index (κ3) is 2.60. The Hall–Kier alpha value is -2.89. The van der Waals surface area contributed by atoms with E-state index in [1.165, 1.54) is 0 Å². The molecular formula is C18H19N5O. The van der Waals surface area contributed by atoms with Crippen LogP contribution in [0.1, 0.15) is 16.9 Å². The fourth-order valence-corrected chi connectivity index (χ4v) is 3.27. The zero-order chi connectivity index (χ0) is 16.5. The lowest BCUT2D eigenvalue weighted by Gasteiger charge is -2.16. The van der Waals surface area contributed by atoms with E-state index in [4.69, 9.17) is 0 Å². The smallest absolute Gasteiger partial charge is 0.275 e. The van der Waals surface area contributed by atoms with Gasteiger partial charge in [0.15, 0.2) is 5.69 Å². The van der Waals surface area contributed by atoms with Crippen molar-refractivity contribution in [1.29, 1.82) is 0 Å². The van der Waals surface area contributed by atoms with Gasteiger partial charge in [0.25, 0.3) is 5.91 Å². The first kappa shape index (κ1) is 14.7. The summed E-state index contributed by atoms with van der Waals surface area (Å²) in [5.41, 5.74) is 2.50. The van der Waals surface area contributed by atoms with Gasteiger partial charge < -0.3 is 10.2 Å². The maximum atomic E-state index is 12.9. The van der Waals surface area contributed by atoms with Gasteiger partial charge in [0.1, 0.15) is 0 Å². The largest absolute Gasteiger partial charge is 0.379 e. The molecule has 6 nitrogen and oxygen atoms in total. The van der Waals surface area contributed by atoms with Crippen LogP contribution in [0.25, 0.3) is 10.9 Å². The van der Waals surface area contributed by atoms with E-state index in [0.29, 0.717) is 12.2 Å². The SMILES string of the molecule is Cn1nc(C(=O)N2CC[C@H](Nc3cccnc3)C2)c2ccccc21. The first-order chi connectivity index (χ1) is 11.7. The number of hydrogen-bond acceptors (Lipinski definition) is 4. The summed E-state index contributed by atoms with van der Waals surface area (Å²) in [6.45, 7) is 1.42. The van der Waals surface area contributed by atoms with E-state index < -0.39 is 0 Å². The number of benzene rings is 1. The predicted octanol–water partition coefficient (Wildman–Crippen LogP) is 2.29. The second-order valence-electron chi connectivity index (χ2n) is 6.11. The van der Waals surface area contributed by atoms with Crippen molar-refractivity contribution in [3.8, 4) is 0 Å². The first-order valence-electron chi connectivity index (χ1n) is 8.10. The van der Waals surface area contributed by atoms with Crippen molar-refractivity contribution in [2.24, 2.45) is 7.05 Å². The van der Waals surface area contributed by atoms with Crippen LogP contribution in [0.2, 0.25) is 0 Å². The summed E-state index contributed by atoms with van der Waals surface area (Å²) < 4.78 is 1.77. The highest BCUT2D eigenvalue weighted by molar-refractivity contribution is 6.04. The number of nitrogens with one attached hydrogen (secondary N) is 1. The molecule has 0 bridgehead atoms. The van der Waals surface area contributed by atoms with E-state index in [0.717, 1.165) is 29.6 Å². The molecule has 0 saturated carbocycles. The van der Waals surface area contributed by atoms with E-state index >= 15 is 0 Å². The van der Waals surface area contributed by atoms with Crippen LogP contribution in [0.4, 0.5) is 5.69 Å². The van der Waals surface area contributed by atoms with Crippen molar-refractivity contribution in [3.05, 3.63) is 54.5 Å². The van der Waals surface area contributed by atoms with Gasteiger partial charge in [-0.05, 0) is 24.6 Å². The number of hydrogen-bond donors (Lipinski definition) is 1. The monoisotopic (exact) mass is 321 g/mol. The molecule has 2 aromatic heterocycles. The Morgan fingerprint density at radius 1 is 1.25 bits per heavy atom. The zero-order valence-corrected chi connectivity index (χ0v) is 13.5. The van der Waals surface area contributed by atoms with E-state index in [2.05, 4.69) is 15.4 Å². The fourth-order valence-electron chi connectivity index (χ4n) is 3.27. The van der Waals surface area contributed by atoms with Gasteiger partial charge in [0, 0.05) is 44.0 Å². The highest BCUT2D eigenvalue weighted by Crippen LogP contribution is 2.22. The predicted molar refractivity (Wildman–Crippen MR) is 92.9 cm³/mol. The van der Waals surface area contributed by atoms with Crippen LogP contribution in [-0.4, -0.2) is 44.7 Å². The summed E-state index contributed by atoms with van der Waals surface area (Å²) in [5.74, 6) is 0.00212. The van der Waals surface area contributed by atoms with Gasteiger partial charge in [-0.3, -0.25) is 14.5 Å². The Kier molecular flexibility index (Phi) is 3.65. The zero-order valence-electron chi connectivity index (χ0n) is 13.5. The number of carbonyl (C=O) groups is 1. The molecule has 0 aliphatic carbocycles. The Morgan fingerprint density at radius 3 is 2.96 bits per heavy atom. The fraction of sp³-hybridized carbons (Fsp3) is 0.278. The van der Waals surface area contributed by atoms with Gasteiger partial charge in [-0.2, -0.15) is 5.10 Å². The van der Waals surface area contributed by atoms with Crippen molar-refractivity contribution < 1.29 is 4.79 Å². The Morgan fingerprint density at radius 2 is 2.12 bits per heavy atom. The molecular weight excluding hydrogens is 302 g/mol. The molecule has 24 heavy (non-hydrogen) atoms. The van der Waals surface area contributed by atoms with Gasteiger partial charge in [-0.15, -0.1) is 0 Å². The molecule has 3 aromatic rings. The van der Waals surface area contributed by atoms with Crippen molar-refractivity contribution in [3.63, 3.8) is 0 Å². The molecule has 0 unspecified atom stereocenters. The van der Waals surface area contributed by atoms with Crippen LogP contribution in [0, 0.1) is 0 Å². The van der Waals surface area contributed by atoms with Crippen molar-refractivity contribution in [2.45, 2.75) is 12.5 Å². The number of para-hydroxylation sites is 1. The maximum absolute atomic E-state index is 12.9. The van der Waals surface area contributed by atoms with Crippen molar-refractivity contribution in [2.75, 3.05) is 18.4 Å². The lowest BCUT2D eigenvalue weighted by atomic mass is 10.2. The van der Waals surface area contributed by atoms with Crippen LogP contribution >= 0.6 is 0 Å². The van der Waals surface area contributed by atoms with Gasteiger partial charge in [0.2, 0.25) is 0 Å². The van der Waals surface area contributed by atoms with Gasteiger partial charge in [-0.25, -0.2) is 0 Å². The summed E-state index contributed by atoms with van der Waals surface area (Å²) in [6.07, 6.45) is 4.48. The van der Waals surface area contributed by atoms with E-state index in [1.807, 2.05) is 48.3 Å². The summed E-state index contributed by atoms with van der Waals surface area (Å²) in [6, 6.07) is 12.0. The molecule has 0 spiro atoms. The molecule has 4 rings (SSSR count). The third-order valence-electron chi connectivity index (χ3n) is 4.47. The lowest BCUT2D eigenvalue weighted by Crippen LogP contribution is -2.32. The highest BCUT2D eigenvalue weighted by atomic mass is 16.2. The lowest BCUT2D eigenvalue weighted by molar-refractivity contribution is 0.0787. The summed E-state index contributed by atoms with van der Waals surface area (Å²) in [5, 5.41) is 8.79. The van der Waals surface area contributed by atoms with E-state index in [1.54, 1.807) is 17.1 Å². The topological polar surface area (TPSA) is 63.1 Å². The standard InChI is InChI=1S/C18H19N5O/c1-22-16-7-3-2-6-15(16)17(21-22)18(24)23-10-8-14(12-23)20-13-5-4-9-19-11-13/h2-7,9,11,14,20H,8,10,12H2,1H3/t14-/m0/s1. The minimum absolute atomic E-state index is 0.00212. The number of fused-ring (bicyclic) bond motifs is 1. The number of anilines is 1. The van der Waals surface area contributed by atoms with E-state index in [-0.39, 0.29) is 11.9 Å². The molecule has 1 saturated heterocycles. The summed E-state index contributed by atoms with van der Waals surface area (Å²) in [4.78, 5) is 18.9. The molecule has 1 N–H and O–H groups in total. The molecule has 1 aliphatic rings. The van der Waals surface area contributed by atoms with E-state index in [9.17, 15) is 4.79 Å². The first-order valence-corrected chi connectivity index (χ1v) is 8.10. The molecule has 122 valence electrons. The molecule has 0 radical (unpaired) electrons. The Bertz CT molecular complexity index is 874. The molecule has 1 aromatic carbocycles. The van der Waals surface area contributed by atoms with Gasteiger partial charge >= 0.3 is 0 Å². The van der Waals surface area contributed by atoms with Gasteiger partial charge in [0.05, 0.1) is 11.2 Å². The van der Waals surface area contributed by atoms with Crippen LogP contribution in [0.3, 0.4) is 0 Å². The number of nitrogens with zero attached hydrogens (tertiary/aromatic N) is 4. The number of aromatic nitrogens is 3. The average Bonchev–Trinajstić information content (AvgIpc) is 3.21. The highest BCUT2D eigenvalue weighted by Gasteiger charge is 2.29.